The van der Waals surface area contributed by atoms with Crippen LogP contribution < -0.4 is 10.6 Å². The predicted octanol–water partition coefficient (Wildman–Crippen LogP) is 3.62. The molecule has 1 aromatic carbocycles. The number of guanidine groups is 1. The minimum atomic E-state index is 0.693. The molecule has 2 rings (SSSR count). The third-order valence-corrected chi connectivity index (χ3v) is 4.87. The molecule has 2 aromatic rings. The Hall–Kier alpha value is -1.88. The fourth-order valence-electron chi connectivity index (χ4n) is 2.46. The fourth-order valence-corrected chi connectivity index (χ4v) is 3.24. The highest BCUT2D eigenvalue weighted by molar-refractivity contribution is 7.09. The molecule has 0 bridgehead atoms. The number of aromatic nitrogens is 1. The standard InChI is InChI=1S/C19H28N4S/c1-5-18-23-17(13-24-18)9-10-21-19(20-6-2)22-12-16-8-7-14(3)11-15(16)4/h7-8,11,13H,5-6,9-10,12H2,1-4H3,(H2,20,21,22). The number of benzene rings is 1. The number of aliphatic imine (C=N–C) groups is 1. The highest BCUT2D eigenvalue weighted by Crippen LogP contribution is 2.12. The zero-order valence-electron chi connectivity index (χ0n) is 15.1. The molecular weight excluding hydrogens is 316 g/mol. The molecule has 0 atom stereocenters. The molecule has 0 saturated heterocycles. The molecule has 0 aliphatic heterocycles. The van der Waals surface area contributed by atoms with E-state index in [1.807, 2.05) is 0 Å². The van der Waals surface area contributed by atoms with Gasteiger partial charge in [-0.25, -0.2) is 9.98 Å². The van der Waals surface area contributed by atoms with Gasteiger partial charge >= 0.3 is 0 Å². The van der Waals surface area contributed by atoms with E-state index in [2.05, 4.69) is 66.9 Å². The molecule has 0 aliphatic carbocycles. The lowest BCUT2D eigenvalue weighted by molar-refractivity contribution is 0.788. The minimum Gasteiger partial charge on any atom is -0.357 e. The number of thiazole rings is 1. The van der Waals surface area contributed by atoms with Gasteiger partial charge in [-0.1, -0.05) is 30.7 Å². The van der Waals surface area contributed by atoms with Crippen LogP contribution in [0.3, 0.4) is 0 Å². The van der Waals surface area contributed by atoms with Crippen LogP contribution in [0.15, 0.2) is 28.6 Å². The van der Waals surface area contributed by atoms with E-state index >= 15 is 0 Å². The first kappa shape index (κ1) is 18.5. The lowest BCUT2D eigenvalue weighted by atomic mass is 10.1. The van der Waals surface area contributed by atoms with Crippen molar-refractivity contribution in [3.8, 4) is 0 Å². The topological polar surface area (TPSA) is 49.3 Å². The molecule has 0 saturated carbocycles. The van der Waals surface area contributed by atoms with Crippen molar-refractivity contribution >= 4 is 17.3 Å². The number of hydrogen-bond donors (Lipinski definition) is 2. The Labute approximate surface area is 149 Å². The first-order valence-electron chi connectivity index (χ1n) is 8.64. The Kier molecular flexibility index (Phi) is 7.25. The summed E-state index contributed by atoms with van der Waals surface area (Å²) < 4.78 is 0. The Bertz CT molecular complexity index is 676. The van der Waals surface area contributed by atoms with E-state index < -0.39 is 0 Å². The van der Waals surface area contributed by atoms with Crippen molar-refractivity contribution in [2.75, 3.05) is 13.1 Å². The van der Waals surface area contributed by atoms with Gasteiger partial charge in [-0.3, -0.25) is 0 Å². The second-order valence-corrected chi connectivity index (χ2v) is 6.83. The summed E-state index contributed by atoms with van der Waals surface area (Å²) in [7, 11) is 0. The van der Waals surface area contributed by atoms with Crippen LogP contribution in [-0.2, 0) is 19.4 Å². The van der Waals surface area contributed by atoms with E-state index in [1.165, 1.54) is 21.7 Å². The molecule has 0 spiro atoms. The molecule has 1 aromatic heterocycles. The van der Waals surface area contributed by atoms with Gasteiger partial charge in [0.05, 0.1) is 17.2 Å². The first-order chi connectivity index (χ1) is 11.6. The van der Waals surface area contributed by atoms with Crippen LogP contribution in [0.1, 0.15) is 41.2 Å². The van der Waals surface area contributed by atoms with Crippen LogP contribution in [-0.4, -0.2) is 24.0 Å². The number of nitrogens with zero attached hydrogens (tertiary/aromatic N) is 2. The van der Waals surface area contributed by atoms with Crippen molar-refractivity contribution < 1.29 is 0 Å². The molecular formula is C19H28N4S. The van der Waals surface area contributed by atoms with E-state index in [0.29, 0.717) is 6.54 Å². The average molecular weight is 345 g/mol. The summed E-state index contributed by atoms with van der Waals surface area (Å²) in [4.78, 5) is 9.31. The largest absolute Gasteiger partial charge is 0.357 e. The molecule has 24 heavy (non-hydrogen) atoms. The maximum Gasteiger partial charge on any atom is 0.191 e. The molecule has 0 fully saturated rings. The maximum atomic E-state index is 4.70. The zero-order valence-corrected chi connectivity index (χ0v) is 16.0. The van der Waals surface area contributed by atoms with Crippen molar-refractivity contribution in [2.45, 2.75) is 47.1 Å². The lowest BCUT2D eigenvalue weighted by Crippen LogP contribution is -2.38. The summed E-state index contributed by atoms with van der Waals surface area (Å²) in [6.45, 7) is 10.9. The molecule has 4 nitrogen and oxygen atoms in total. The predicted molar refractivity (Wildman–Crippen MR) is 104 cm³/mol. The van der Waals surface area contributed by atoms with Crippen molar-refractivity contribution in [1.29, 1.82) is 0 Å². The monoisotopic (exact) mass is 344 g/mol. The summed E-state index contributed by atoms with van der Waals surface area (Å²) >= 11 is 1.74. The van der Waals surface area contributed by atoms with Crippen LogP contribution in [0, 0.1) is 13.8 Å². The van der Waals surface area contributed by atoms with Gasteiger partial charge in [0.25, 0.3) is 0 Å². The Morgan fingerprint density at radius 3 is 2.71 bits per heavy atom. The van der Waals surface area contributed by atoms with E-state index in [-0.39, 0.29) is 0 Å². The maximum absolute atomic E-state index is 4.70. The third-order valence-electron chi connectivity index (χ3n) is 3.83. The van der Waals surface area contributed by atoms with Crippen molar-refractivity contribution in [3.63, 3.8) is 0 Å². The van der Waals surface area contributed by atoms with E-state index in [9.17, 15) is 0 Å². The fraction of sp³-hybridized carbons (Fsp3) is 0.474. The van der Waals surface area contributed by atoms with Gasteiger partial charge in [0, 0.05) is 24.9 Å². The smallest absolute Gasteiger partial charge is 0.191 e. The number of aryl methyl sites for hydroxylation is 3. The van der Waals surface area contributed by atoms with E-state index in [0.717, 1.165) is 37.6 Å². The Morgan fingerprint density at radius 2 is 2.04 bits per heavy atom. The molecule has 0 aliphatic rings. The zero-order chi connectivity index (χ0) is 17.4. The SMILES string of the molecule is CCNC(=NCc1ccc(C)cc1C)NCCc1csc(CC)n1. The van der Waals surface area contributed by atoms with Crippen molar-refractivity contribution in [2.24, 2.45) is 4.99 Å². The molecule has 130 valence electrons. The molecule has 2 N–H and O–H groups in total. The third kappa shape index (κ3) is 5.64. The first-order valence-corrected chi connectivity index (χ1v) is 9.52. The highest BCUT2D eigenvalue weighted by Gasteiger charge is 2.03. The lowest BCUT2D eigenvalue weighted by Gasteiger charge is -2.11. The van der Waals surface area contributed by atoms with E-state index in [4.69, 9.17) is 4.99 Å². The van der Waals surface area contributed by atoms with Crippen LogP contribution in [0.5, 0.6) is 0 Å². The quantitative estimate of drug-likeness (QED) is 0.596. The average Bonchev–Trinajstić information content (AvgIpc) is 3.02. The number of nitrogens with one attached hydrogen (secondary N) is 2. The summed E-state index contributed by atoms with van der Waals surface area (Å²) in [5.74, 6) is 0.864. The molecule has 0 amide bonds. The summed E-state index contributed by atoms with van der Waals surface area (Å²) in [5.41, 5.74) is 5.02. The van der Waals surface area contributed by atoms with Gasteiger partial charge in [-0.05, 0) is 38.3 Å². The molecule has 5 heteroatoms. The van der Waals surface area contributed by atoms with Crippen molar-refractivity contribution in [3.05, 3.63) is 51.0 Å². The van der Waals surface area contributed by atoms with Crippen LogP contribution in [0.25, 0.3) is 0 Å². The van der Waals surface area contributed by atoms with Crippen molar-refractivity contribution in [1.82, 2.24) is 15.6 Å². The second-order valence-electron chi connectivity index (χ2n) is 5.89. The Balaban J connectivity index is 1.90. The minimum absolute atomic E-state index is 0.693. The summed E-state index contributed by atoms with van der Waals surface area (Å²) in [5, 5.41) is 10.1. The number of rotatable bonds is 7. The van der Waals surface area contributed by atoms with Crippen LogP contribution >= 0.6 is 11.3 Å². The van der Waals surface area contributed by atoms with Crippen LogP contribution in [0.4, 0.5) is 0 Å². The molecule has 1 heterocycles. The van der Waals surface area contributed by atoms with Gasteiger partial charge in [0.15, 0.2) is 5.96 Å². The van der Waals surface area contributed by atoms with Gasteiger partial charge in [0.2, 0.25) is 0 Å². The van der Waals surface area contributed by atoms with E-state index in [1.54, 1.807) is 11.3 Å². The van der Waals surface area contributed by atoms with Crippen LogP contribution in [0.2, 0.25) is 0 Å². The van der Waals surface area contributed by atoms with Gasteiger partial charge in [-0.2, -0.15) is 0 Å². The highest BCUT2D eigenvalue weighted by atomic mass is 32.1. The summed E-state index contributed by atoms with van der Waals surface area (Å²) in [6, 6.07) is 6.52. The summed E-state index contributed by atoms with van der Waals surface area (Å²) in [6.07, 6.45) is 1.93. The van der Waals surface area contributed by atoms with Gasteiger partial charge < -0.3 is 10.6 Å². The van der Waals surface area contributed by atoms with Gasteiger partial charge in [-0.15, -0.1) is 11.3 Å². The molecule has 0 radical (unpaired) electrons. The normalized spacial score (nSPS) is 11.6. The molecule has 0 unspecified atom stereocenters. The second kappa shape index (κ2) is 9.42. The van der Waals surface area contributed by atoms with Gasteiger partial charge in [0.1, 0.15) is 0 Å². The Morgan fingerprint density at radius 1 is 1.21 bits per heavy atom. The number of hydrogen-bond acceptors (Lipinski definition) is 3.